The molecule has 0 amide bonds. The van der Waals surface area contributed by atoms with Crippen molar-refractivity contribution >= 4 is 12.1 Å². The number of carbonyl (C=O) groups is 2. The molecule has 9 rings (SSSR count). The molecule has 7 saturated carbocycles. The molecule has 8 bridgehead atoms. The molecule has 8 aliphatic carbocycles. The Morgan fingerprint density at radius 3 is 1.97 bits per heavy atom. The van der Waals surface area contributed by atoms with Gasteiger partial charge in [-0.3, -0.25) is 4.79 Å². The zero-order valence-electron chi connectivity index (χ0n) is 21.1. The lowest BCUT2D eigenvalue weighted by Gasteiger charge is -2.51. The molecule has 8 fully saturated rings. The van der Waals surface area contributed by atoms with Crippen molar-refractivity contribution in [2.75, 3.05) is 13.7 Å². The average Bonchev–Trinajstić information content (AvgIpc) is 3.73. The molecule has 0 spiro atoms. The summed E-state index contributed by atoms with van der Waals surface area (Å²) in [6, 6.07) is 0. The zero-order chi connectivity index (χ0) is 23.9. The van der Waals surface area contributed by atoms with Crippen molar-refractivity contribution in [2.24, 2.45) is 88.8 Å². The number of allylic oxidation sites excluding steroid dienone is 2. The van der Waals surface area contributed by atoms with Crippen molar-refractivity contribution in [2.45, 2.75) is 57.3 Å². The van der Waals surface area contributed by atoms with Gasteiger partial charge in [0.05, 0.1) is 19.6 Å². The molecular weight excluding hydrogens is 456 g/mol. The van der Waals surface area contributed by atoms with Gasteiger partial charge in [-0.15, -0.1) is 0 Å². The second-order valence-corrected chi connectivity index (χ2v) is 13.9. The van der Waals surface area contributed by atoms with Crippen molar-refractivity contribution in [3.05, 3.63) is 12.2 Å². The summed E-state index contributed by atoms with van der Waals surface area (Å²) in [6.45, 7) is 0.619. The SMILES string of the molecule is COC(=O)C1C2CC(C1OC(=O)OC1CCCCO1)C1C3CC(C21)C1C2CC(C4C5C=CC(C5)C24)C31. The third-order valence-electron chi connectivity index (χ3n) is 13.4. The zero-order valence-corrected chi connectivity index (χ0v) is 21.1. The van der Waals surface area contributed by atoms with Gasteiger partial charge < -0.3 is 18.9 Å². The summed E-state index contributed by atoms with van der Waals surface area (Å²) in [7, 11) is 1.48. The Kier molecular flexibility index (Phi) is 4.33. The van der Waals surface area contributed by atoms with Crippen molar-refractivity contribution in [3.63, 3.8) is 0 Å². The smallest absolute Gasteiger partial charge is 0.469 e. The van der Waals surface area contributed by atoms with Crippen LogP contribution in [0, 0.1) is 88.8 Å². The van der Waals surface area contributed by atoms with E-state index < -0.39 is 18.5 Å². The van der Waals surface area contributed by atoms with E-state index in [0.717, 1.165) is 78.4 Å². The number of rotatable bonds is 3. The molecule has 0 aromatic rings. The Balaban J connectivity index is 0.997. The van der Waals surface area contributed by atoms with E-state index in [1.807, 2.05) is 0 Å². The highest BCUT2D eigenvalue weighted by atomic mass is 16.8. The molecule has 194 valence electrons. The van der Waals surface area contributed by atoms with Gasteiger partial charge in [-0.05, 0) is 115 Å². The van der Waals surface area contributed by atoms with E-state index in [1.54, 1.807) is 0 Å². The van der Waals surface area contributed by atoms with E-state index in [-0.39, 0.29) is 17.8 Å². The van der Waals surface area contributed by atoms with Gasteiger partial charge in [0.2, 0.25) is 6.29 Å². The fourth-order valence-electron chi connectivity index (χ4n) is 13.1. The van der Waals surface area contributed by atoms with Crippen LogP contribution < -0.4 is 0 Å². The normalized spacial score (nSPS) is 59.8. The summed E-state index contributed by atoms with van der Waals surface area (Å²) in [4.78, 5) is 25.9. The molecule has 0 radical (unpaired) electrons. The number of hydrogen-bond donors (Lipinski definition) is 0. The molecule has 1 aliphatic heterocycles. The Bertz CT molecular complexity index is 1020. The Morgan fingerprint density at radius 1 is 0.722 bits per heavy atom. The highest BCUT2D eigenvalue weighted by molar-refractivity contribution is 5.75. The molecule has 0 aromatic carbocycles. The number of methoxy groups -OCH3 is 1. The maximum absolute atomic E-state index is 13.1. The molecule has 17 unspecified atom stereocenters. The molecule has 36 heavy (non-hydrogen) atoms. The molecule has 6 nitrogen and oxygen atoms in total. The van der Waals surface area contributed by atoms with Crippen LogP contribution in [-0.2, 0) is 23.7 Å². The predicted octanol–water partition coefficient (Wildman–Crippen LogP) is 4.68. The standard InChI is InChI=1S/C30H38O6/c1-33-29(31)27-18-11-19(28(27)36-30(32)35-20-4-2-3-7-34-20)26-17-10-16(25(18)26)23-14-9-15(24(17)23)22-13-6-5-12(8-13)21(14)22/h5-6,12-28H,2-4,7-11H2,1H3. The first kappa shape index (κ1) is 21.4. The lowest BCUT2D eigenvalue weighted by molar-refractivity contribution is -0.168. The van der Waals surface area contributed by atoms with Crippen LogP contribution >= 0.6 is 0 Å². The van der Waals surface area contributed by atoms with E-state index >= 15 is 0 Å². The number of hydrogen-bond acceptors (Lipinski definition) is 6. The monoisotopic (exact) mass is 494 g/mol. The van der Waals surface area contributed by atoms with Gasteiger partial charge in [0.25, 0.3) is 0 Å². The number of fused-ring (bicyclic) bond motifs is 23. The lowest BCUT2D eigenvalue weighted by Crippen LogP contribution is -2.52. The Labute approximate surface area is 212 Å². The van der Waals surface area contributed by atoms with E-state index in [9.17, 15) is 9.59 Å². The van der Waals surface area contributed by atoms with Crippen LogP contribution in [0.3, 0.4) is 0 Å². The second-order valence-electron chi connectivity index (χ2n) is 13.9. The topological polar surface area (TPSA) is 71.1 Å². The molecule has 6 heteroatoms. The third-order valence-corrected chi connectivity index (χ3v) is 13.4. The van der Waals surface area contributed by atoms with Crippen LogP contribution in [0.4, 0.5) is 4.79 Å². The van der Waals surface area contributed by atoms with Gasteiger partial charge >= 0.3 is 12.1 Å². The molecule has 0 aromatic heterocycles. The summed E-state index contributed by atoms with van der Waals surface area (Å²) in [5.41, 5.74) is 0. The van der Waals surface area contributed by atoms with Gasteiger partial charge in [0.15, 0.2) is 0 Å². The Morgan fingerprint density at radius 2 is 1.33 bits per heavy atom. The highest BCUT2D eigenvalue weighted by Crippen LogP contribution is 2.81. The number of carbonyl (C=O) groups excluding carboxylic acids is 2. The van der Waals surface area contributed by atoms with Crippen molar-refractivity contribution in [3.8, 4) is 0 Å². The lowest BCUT2D eigenvalue weighted by atomic mass is 9.54. The van der Waals surface area contributed by atoms with Gasteiger partial charge in [0, 0.05) is 12.3 Å². The van der Waals surface area contributed by atoms with Crippen LogP contribution in [0.25, 0.3) is 0 Å². The minimum Gasteiger partial charge on any atom is -0.469 e. The van der Waals surface area contributed by atoms with Gasteiger partial charge in [-0.2, -0.15) is 0 Å². The third kappa shape index (κ3) is 2.49. The summed E-state index contributed by atoms with van der Waals surface area (Å²) >= 11 is 0. The minimum absolute atomic E-state index is 0.196. The van der Waals surface area contributed by atoms with E-state index in [1.165, 1.54) is 26.4 Å². The maximum Gasteiger partial charge on any atom is 0.510 e. The summed E-state index contributed by atoms with van der Waals surface area (Å²) in [6.07, 6.45) is 11.5. The van der Waals surface area contributed by atoms with Gasteiger partial charge in [-0.1, -0.05) is 12.2 Å². The molecule has 9 aliphatic rings. The van der Waals surface area contributed by atoms with Crippen LogP contribution in [0.5, 0.6) is 0 Å². The summed E-state index contributed by atoms with van der Waals surface area (Å²) in [5, 5.41) is 0. The molecule has 0 N–H and O–H groups in total. The van der Waals surface area contributed by atoms with Crippen molar-refractivity contribution < 1.29 is 28.5 Å². The predicted molar refractivity (Wildman–Crippen MR) is 127 cm³/mol. The highest BCUT2D eigenvalue weighted by Gasteiger charge is 2.78. The molecular formula is C30H38O6. The van der Waals surface area contributed by atoms with Crippen molar-refractivity contribution in [1.82, 2.24) is 0 Å². The van der Waals surface area contributed by atoms with Crippen LogP contribution in [0.1, 0.15) is 44.9 Å². The van der Waals surface area contributed by atoms with E-state index in [4.69, 9.17) is 18.9 Å². The molecule has 1 heterocycles. The van der Waals surface area contributed by atoms with Gasteiger partial charge in [0.1, 0.15) is 6.10 Å². The van der Waals surface area contributed by atoms with Gasteiger partial charge in [-0.25, -0.2) is 4.79 Å². The quantitative estimate of drug-likeness (QED) is 0.322. The fraction of sp³-hybridized carbons (Fsp3) is 0.867. The largest absolute Gasteiger partial charge is 0.510 e. The maximum atomic E-state index is 13.1. The second kappa shape index (κ2) is 7.30. The van der Waals surface area contributed by atoms with Crippen LogP contribution in [-0.4, -0.2) is 38.2 Å². The van der Waals surface area contributed by atoms with Crippen LogP contribution in [0.2, 0.25) is 0 Å². The first-order valence-electron chi connectivity index (χ1n) is 14.9. The summed E-state index contributed by atoms with van der Waals surface area (Å²) in [5.74, 6) is 10.0. The molecule has 1 saturated heterocycles. The minimum atomic E-state index is -0.664. The summed E-state index contributed by atoms with van der Waals surface area (Å²) < 4.78 is 22.5. The van der Waals surface area contributed by atoms with Crippen LogP contribution in [0.15, 0.2) is 12.2 Å². The Hall–Kier alpha value is -1.56. The first-order valence-corrected chi connectivity index (χ1v) is 14.9. The number of esters is 1. The van der Waals surface area contributed by atoms with E-state index in [0.29, 0.717) is 30.8 Å². The van der Waals surface area contributed by atoms with Crippen molar-refractivity contribution in [1.29, 1.82) is 0 Å². The molecule has 17 atom stereocenters. The number of ether oxygens (including phenoxy) is 4. The first-order chi connectivity index (χ1) is 17.6. The average molecular weight is 495 g/mol. The van der Waals surface area contributed by atoms with E-state index in [2.05, 4.69) is 12.2 Å². The fourth-order valence-corrected chi connectivity index (χ4v) is 13.1.